The van der Waals surface area contributed by atoms with Crippen molar-refractivity contribution in [1.82, 2.24) is 14.3 Å². The number of amides is 2. The summed E-state index contributed by atoms with van der Waals surface area (Å²) in [7, 11) is 0. The Morgan fingerprint density at radius 2 is 1.44 bits per heavy atom. The molecule has 1 aliphatic rings. The van der Waals surface area contributed by atoms with Gasteiger partial charge >= 0.3 is 0 Å². The first-order valence-corrected chi connectivity index (χ1v) is 8.69. The maximum absolute atomic E-state index is 12.5. The third kappa shape index (κ3) is 2.52. The van der Waals surface area contributed by atoms with E-state index in [0.717, 1.165) is 16.8 Å². The van der Waals surface area contributed by atoms with Gasteiger partial charge < -0.3 is 4.40 Å². The lowest BCUT2D eigenvalue weighted by Gasteiger charge is -2.11. The van der Waals surface area contributed by atoms with Gasteiger partial charge in [0, 0.05) is 12.4 Å². The number of hydrogen-bond donors (Lipinski definition) is 0. The molecule has 0 saturated carbocycles. The van der Waals surface area contributed by atoms with Crippen LogP contribution in [0.3, 0.4) is 0 Å². The van der Waals surface area contributed by atoms with E-state index >= 15 is 0 Å². The van der Waals surface area contributed by atoms with Crippen LogP contribution >= 0.6 is 0 Å². The summed E-state index contributed by atoms with van der Waals surface area (Å²) in [5.74, 6) is -0.532. The summed E-state index contributed by atoms with van der Waals surface area (Å²) in [4.78, 5) is 30.9. The van der Waals surface area contributed by atoms with Crippen LogP contribution in [-0.4, -0.2) is 26.1 Å². The zero-order valence-electron chi connectivity index (χ0n) is 14.4. The van der Waals surface area contributed by atoms with E-state index in [1.807, 2.05) is 47.1 Å². The SMILES string of the molecule is O=C1c2ccccc2C(=O)N1Cc1cn2ccc(-c3ccccc3)cc2n1. The molecule has 0 saturated heterocycles. The van der Waals surface area contributed by atoms with Gasteiger partial charge in [-0.05, 0) is 35.4 Å². The number of pyridine rings is 1. The van der Waals surface area contributed by atoms with Crippen LogP contribution < -0.4 is 0 Å². The number of fused-ring (bicyclic) bond motifs is 2. The van der Waals surface area contributed by atoms with Gasteiger partial charge in [0.1, 0.15) is 5.65 Å². The highest BCUT2D eigenvalue weighted by Gasteiger charge is 2.35. The molecule has 5 rings (SSSR count). The third-order valence-corrected chi connectivity index (χ3v) is 4.82. The average molecular weight is 353 g/mol. The molecule has 0 unspecified atom stereocenters. The van der Waals surface area contributed by atoms with Crippen LogP contribution in [0.25, 0.3) is 16.8 Å². The molecule has 3 heterocycles. The van der Waals surface area contributed by atoms with Crippen molar-refractivity contribution in [1.29, 1.82) is 0 Å². The lowest BCUT2D eigenvalue weighted by Crippen LogP contribution is -2.29. The quantitative estimate of drug-likeness (QED) is 0.527. The largest absolute Gasteiger partial charge is 0.307 e. The first-order valence-electron chi connectivity index (χ1n) is 8.69. The fourth-order valence-electron chi connectivity index (χ4n) is 3.47. The minimum absolute atomic E-state index is 0.161. The van der Waals surface area contributed by atoms with Crippen molar-refractivity contribution < 1.29 is 9.59 Å². The predicted octanol–water partition coefficient (Wildman–Crippen LogP) is 3.80. The number of aromatic nitrogens is 2. The Bertz CT molecular complexity index is 1160. The molecule has 2 aromatic heterocycles. The molecule has 130 valence electrons. The summed E-state index contributed by atoms with van der Waals surface area (Å²) in [6, 6.07) is 21.0. The Morgan fingerprint density at radius 3 is 2.15 bits per heavy atom. The number of benzene rings is 2. The molecular formula is C22H15N3O2. The van der Waals surface area contributed by atoms with Gasteiger partial charge in [0.25, 0.3) is 11.8 Å². The molecule has 0 spiro atoms. The lowest BCUT2D eigenvalue weighted by molar-refractivity contribution is 0.0640. The molecule has 5 heteroatoms. The van der Waals surface area contributed by atoms with Crippen molar-refractivity contribution in [3.63, 3.8) is 0 Å². The molecule has 4 aromatic rings. The molecule has 0 bridgehead atoms. The summed E-state index contributed by atoms with van der Waals surface area (Å²) >= 11 is 0. The number of imidazole rings is 1. The van der Waals surface area contributed by atoms with E-state index in [1.54, 1.807) is 24.3 Å². The monoisotopic (exact) mass is 353 g/mol. The Kier molecular flexibility index (Phi) is 3.40. The maximum Gasteiger partial charge on any atom is 0.261 e. The minimum Gasteiger partial charge on any atom is -0.307 e. The van der Waals surface area contributed by atoms with Gasteiger partial charge in [-0.3, -0.25) is 14.5 Å². The Morgan fingerprint density at radius 1 is 0.778 bits per heavy atom. The van der Waals surface area contributed by atoms with Crippen LogP contribution in [-0.2, 0) is 6.54 Å². The van der Waals surface area contributed by atoms with Gasteiger partial charge in [0.15, 0.2) is 0 Å². The van der Waals surface area contributed by atoms with E-state index < -0.39 is 0 Å². The molecular weight excluding hydrogens is 338 g/mol. The topological polar surface area (TPSA) is 54.7 Å². The van der Waals surface area contributed by atoms with E-state index in [2.05, 4.69) is 17.1 Å². The summed E-state index contributed by atoms with van der Waals surface area (Å²) in [6.07, 6.45) is 3.80. The average Bonchev–Trinajstić information content (AvgIpc) is 3.23. The molecule has 2 aromatic carbocycles. The molecule has 1 aliphatic heterocycles. The van der Waals surface area contributed by atoms with Gasteiger partial charge in [-0.25, -0.2) is 4.98 Å². The second-order valence-corrected chi connectivity index (χ2v) is 6.52. The van der Waals surface area contributed by atoms with Crippen molar-refractivity contribution >= 4 is 17.5 Å². The fraction of sp³-hybridized carbons (Fsp3) is 0.0455. The zero-order valence-corrected chi connectivity index (χ0v) is 14.4. The Labute approximate surface area is 155 Å². The highest BCUT2D eigenvalue weighted by Crippen LogP contribution is 2.25. The van der Waals surface area contributed by atoms with E-state index in [9.17, 15) is 9.59 Å². The van der Waals surface area contributed by atoms with E-state index in [4.69, 9.17) is 0 Å². The second-order valence-electron chi connectivity index (χ2n) is 6.52. The van der Waals surface area contributed by atoms with E-state index in [1.165, 1.54) is 4.90 Å². The van der Waals surface area contributed by atoms with Crippen molar-refractivity contribution in [2.24, 2.45) is 0 Å². The van der Waals surface area contributed by atoms with Crippen molar-refractivity contribution in [3.05, 3.63) is 95.9 Å². The maximum atomic E-state index is 12.5. The van der Waals surface area contributed by atoms with E-state index in [-0.39, 0.29) is 18.4 Å². The summed E-state index contributed by atoms with van der Waals surface area (Å²) < 4.78 is 1.90. The van der Waals surface area contributed by atoms with Gasteiger partial charge in [-0.2, -0.15) is 0 Å². The van der Waals surface area contributed by atoms with Crippen LogP contribution in [0.1, 0.15) is 26.4 Å². The number of nitrogens with zero attached hydrogens (tertiary/aromatic N) is 3. The number of carbonyl (C=O) groups is 2. The molecule has 0 N–H and O–H groups in total. The van der Waals surface area contributed by atoms with E-state index in [0.29, 0.717) is 16.8 Å². The van der Waals surface area contributed by atoms with Gasteiger partial charge in [0.05, 0.1) is 23.4 Å². The van der Waals surface area contributed by atoms with Crippen LogP contribution in [0.5, 0.6) is 0 Å². The van der Waals surface area contributed by atoms with Gasteiger partial charge in [-0.15, -0.1) is 0 Å². The van der Waals surface area contributed by atoms with Crippen LogP contribution in [0.15, 0.2) is 79.1 Å². The van der Waals surface area contributed by atoms with Crippen molar-refractivity contribution in [3.8, 4) is 11.1 Å². The van der Waals surface area contributed by atoms with Crippen LogP contribution in [0.4, 0.5) is 0 Å². The van der Waals surface area contributed by atoms with Crippen LogP contribution in [0.2, 0.25) is 0 Å². The Balaban J connectivity index is 1.47. The smallest absolute Gasteiger partial charge is 0.261 e. The van der Waals surface area contributed by atoms with Crippen LogP contribution in [0, 0.1) is 0 Å². The molecule has 0 radical (unpaired) electrons. The van der Waals surface area contributed by atoms with Crippen molar-refractivity contribution in [2.45, 2.75) is 6.54 Å². The first kappa shape index (κ1) is 15.5. The number of imide groups is 1. The summed E-state index contributed by atoms with van der Waals surface area (Å²) in [6.45, 7) is 0.161. The van der Waals surface area contributed by atoms with Gasteiger partial charge in [0.2, 0.25) is 0 Å². The first-order chi connectivity index (χ1) is 13.2. The lowest BCUT2D eigenvalue weighted by atomic mass is 10.1. The number of rotatable bonds is 3. The highest BCUT2D eigenvalue weighted by molar-refractivity contribution is 6.21. The summed E-state index contributed by atoms with van der Waals surface area (Å²) in [5.41, 5.74) is 4.55. The Hall–Kier alpha value is -3.73. The molecule has 0 atom stereocenters. The fourth-order valence-corrected chi connectivity index (χ4v) is 3.47. The summed E-state index contributed by atoms with van der Waals surface area (Å²) in [5, 5.41) is 0. The highest BCUT2D eigenvalue weighted by atomic mass is 16.2. The van der Waals surface area contributed by atoms with Crippen molar-refractivity contribution in [2.75, 3.05) is 0 Å². The standard InChI is InChI=1S/C22H15N3O2/c26-21-18-8-4-5-9-19(18)22(27)25(21)14-17-13-24-11-10-16(12-20(24)23-17)15-6-2-1-3-7-15/h1-13H,14H2. The molecule has 5 nitrogen and oxygen atoms in total. The number of hydrogen-bond acceptors (Lipinski definition) is 3. The molecule has 0 aliphatic carbocycles. The zero-order chi connectivity index (χ0) is 18.4. The molecule has 2 amide bonds. The molecule has 0 fully saturated rings. The minimum atomic E-state index is -0.266. The predicted molar refractivity (Wildman–Crippen MR) is 101 cm³/mol. The normalized spacial score (nSPS) is 13.4. The third-order valence-electron chi connectivity index (χ3n) is 4.82. The molecule has 27 heavy (non-hydrogen) atoms. The second kappa shape index (κ2) is 5.92. The van der Waals surface area contributed by atoms with Gasteiger partial charge in [-0.1, -0.05) is 42.5 Å². The number of carbonyl (C=O) groups excluding carboxylic acids is 2.